The molecule has 0 saturated heterocycles. The third-order valence-corrected chi connectivity index (χ3v) is 3.49. The standard InChI is InChI=1S/C19H16O3/c1-2-21-9-10-22-19(20)17-8-7-16-11-14-5-3-4-6-15(14)12-18(16)13-17/h2-8,11-13H,1,9-10H2. The Balaban J connectivity index is 1.87. The number of carbonyl (C=O) groups is 1. The number of benzene rings is 3. The molecule has 0 aliphatic rings. The molecule has 0 aliphatic carbocycles. The van der Waals surface area contributed by atoms with Crippen molar-refractivity contribution in [2.45, 2.75) is 0 Å². The number of esters is 1. The highest BCUT2D eigenvalue weighted by Crippen LogP contribution is 2.24. The molecule has 0 fully saturated rings. The number of rotatable bonds is 5. The third kappa shape index (κ3) is 2.93. The van der Waals surface area contributed by atoms with Gasteiger partial charge in [0.25, 0.3) is 0 Å². The Bertz CT molecular complexity index is 836. The minimum Gasteiger partial charge on any atom is -0.498 e. The van der Waals surface area contributed by atoms with Gasteiger partial charge in [-0.1, -0.05) is 36.9 Å². The molecule has 0 unspecified atom stereocenters. The van der Waals surface area contributed by atoms with Gasteiger partial charge in [-0.3, -0.25) is 0 Å². The van der Waals surface area contributed by atoms with E-state index in [9.17, 15) is 4.79 Å². The maximum absolute atomic E-state index is 12.0. The summed E-state index contributed by atoms with van der Waals surface area (Å²) in [6, 6.07) is 18.0. The smallest absolute Gasteiger partial charge is 0.338 e. The van der Waals surface area contributed by atoms with Crippen LogP contribution in [0, 0.1) is 0 Å². The summed E-state index contributed by atoms with van der Waals surface area (Å²) in [5.41, 5.74) is 0.543. The van der Waals surface area contributed by atoms with Gasteiger partial charge < -0.3 is 9.47 Å². The first-order valence-electron chi connectivity index (χ1n) is 7.10. The van der Waals surface area contributed by atoms with E-state index in [4.69, 9.17) is 9.47 Å². The first-order chi connectivity index (χ1) is 10.8. The monoisotopic (exact) mass is 292 g/mol. The van der Waals surface area contributed by atoms with Crippen LogP contribution >= 0.6 is 0 Å². The predicted octanol–water partition coefficient (Wildman–Crippen LogP) is 4.31. The first-order valence-corrected chi connectivity index (χ1v) is 7.10. The van der Waals surface area contributed by atoms with Crippen molar-refractivity contribution in [3.63, 3.8) is 0 Å². The van der Waals surface area contributed by atoms with Crippen LogP contribution in [0.4, 0.5) is 0 Å². The quantitative estimate of drug-likeness (QED) is 0.304. The van der Waals surface area contributed by atoms with Gasteiger partial charge in [0.2, 0.25) is 0 Å². The largest absolute Gasteiger partial charge is 0.498 e. The van der Waals surface area contributed by atoms with E-state index in [-0.39, 0.29) is 12.6 Å². The molecule has 110 valence electrons. The number of ether oxygens (including phenoxy) is 2. The SMILES string of the molecule is C=COCCOC(=O)c1ccc2cc3ccccc3cc2c1. The molecule has 3 aromatic rings. The topological polar surface area (TPSA) is 35.5 Å². The van der Waals surface area contributed by atoms with Gasteiger partial charge >= 0.3 is 5.97 Å². The van der Waals surface area contributed by atoms with Gasteiger partial charge in [0.15, 0.2) is 0 Å². The number of fused-ring (bicyclic) bond motifs is 2. The minimum atomic E-state index is -0.345. The molecule has 0 aliphatic heterocycles. The van der Waals surface area contributed by atoms with Crippen LogP contribution in [0.3, 0.4) is 0 Å². The normalized spacial score (nSPS) is 10.5. The Morgan fingerprint density at radius 1 is 0.909 bits per heavy atom. The van der Waals surface area contributed by atoms with Gasteiger partial charge in [-0.05, 0) is 45.8 Å². The number of carbonyl (C=O) groups excluding carboxylic acids is 1. The van der Waals surface area contributed by atoms with Crippen LogP contribution in [-0.4, -0.2) is 19.2 Å². The zero-order chi connectivity index (χ0) is 15.4. The second kappa shape index (κ2) is 6.31. The first kappa shape index (κ1) is 14.1. The van der Waals surface area contributed by atoms with Crippen LogP contribution in [0.2, 0.25) is 0 Å². The summed E-state index contributed by atoms with van der Waals surface area (Å²) < 4.78 is 10.1. The van der Waals surface area contributed by atoms with Gasteiger partial charge in [0, 0.05) is 0 Å². The molecule has 3 heteroatoms. The van der Waals surface area contributed by atoms with Crippen molar-refractivity contribution in [1.82, 2.24) is 0 Å². The molecule has 0 amide bonds. The summed E-state index contributed by atoms with van der Waals surface area (Å²) in [5.74, 6) is -0.345. The van der Waals surface area contributed by atoms with E-state index in [1.54, 1.807) is 6.07 Å². The Morgan fingerprint density at radius 3 is 2.32 bits per heavy atom. The fourth-order valence-electron chi connectivity index (χ4n) is 2.42. The van der Waals surface area contributed by atoms with Crippen LogP contribution < -0.4 is 0 Å². The average molecular weight is 292 g/mol. The van der Waals surface area contributed by atoms with Crippen LogP contribution in [-0.2, 0) is 9.47 Å². The molecule has 0 radical (unpaired) electrons. The van der Waals surface area contributed by atoms with E-state index in [0.717, 1.165) is 16.2 Å². The van der Waals surface area contributed by atoms with Crippen molar-refractivity contribution in [2.24, 2.45) is 0 Å². The fraction of sp³-hybridized carbons (Fsp3) is 0.105. The van der Waals surface area contributed by atoms with Gasteiger partial charge in [-0.15, -0.1) is 0 Å². The predicted molar refractivity (Wildman–Crippen MR) is 87.9 cm³/mol. The lowest BCUT2D eigenvalue weighted by molar-refractivity contribution is 0.0421. The third-order valence-electron chi connectivity index (χ3n) is 3.49. The minimum absolute atomic E-state index is 0.209. The molecular formula is C19H16O3. The lowest BCUT2D eigenvalue weighted by Gasteiger charge is -2.07. The van der Waals surface area contributed by atoms with Crippen molar-refractivity contribution in [3.8, 4) is 0 Å². The van der Waals surface area contributed by atoms with E-state index in [1.807, 2.05) is 24.3 Å². The Hall–Kier alpha value is -2.81. The second-order valence-corrected chi connectivity index (χ2v) is 4.93. The van der Waals surface area contributed by atoms with E-state index in [2.05, 4.69) is 30.8 Å². The molecule has 0 bridgehead atoms. The molecule has 0 atom stereocenters. The fourth-order valence-corrected chi connectivity index (χ4v) is 2.42. The van der Waals surface area contributed by atoms with Gasteiger partial charge in [-0.2, -0.15) is 0 Å². The van der Waals surface area contributed by atoms with Crippen molar-refractivity contribution in [1.29, 1.82) is 0 Å². The molecule has 0 spiro atoms. The molecule has 22 heavy (non-hydrogen) atoms. The highest BCUT2D eigenvalue weighted by molar-refractivity contribution is 6.01. The summed E-state index contributed by atoms with van der Waals surface area (Å²) in [6.45, 7) is 3.95. The number of hydrogen-bond acceptors (Lipinski definition) is 3. The van der Waals surface area contributed by atoms with Gasteiger partial charge in [0.1, 0.15) is 13.2 Å². The zero-order valence-electron chi connectivity index (χ0n) is 12.1. The maximum Gasteiger partial charge on any atom is 0.338 e. The van der Waals surface area contributed by atoms with Crippen molar-refractivity contribution in [2.75, 3.05) is 13.2 Å². The summed E-state index contributed by atoms with van der Waals surface area (Å²) in [7, 11) is 0. The van der Waals surface area contributed by atoms with E-state index >= 15 is 0 Å². The maximum atomic E-state index is 12.0. The molecule has 0 aromatic heterocycles. The van der Waals surface area contributed by atoms with E-state index < -0.39 is 0 Å². The van der Waals surface area contributed by atoms with Crippen LogP contribution in [0.1, 0.15) is 10.4 Å². The van der Waals surface area contributed by atoms with E-state index in [1.165, 1.54) is 11.6 Å². The Morgan fingerprint density at radius 2 is 1.59 bits per heavy atom. The lowest BCUT2D eigenvalue weighted by Crippen LogP contribution is -2.09. The van der Waals surface area contributed by atoms with Gasteiger partial charge in [0.05, 0.1) is 11.8 Å². The van der Waals surface area contributed by atoms with Gasteiger partial charge in [-0.25, -0.2) is 4.79 Å². The zero-order valence-corrected chi connectivity index (χ0v) is 12.1. The Kier molecular flexibility index (Phi) is 4.05. The summed E-state index contributed by atoms with van der Waals surface area (Å²) in [6.07, 6.45) is 1.33. The highest BCUT2D eigenvalue weighted by atomic mass is 16.6. The van der Waals surface area contributed by atoms with E-state index in [0.29, 0.717) is 12.2 Å². The Labute approximate surface area is 128 Å². The van der Waals surface area contributed by atoms with Crippen molar-refractivity contribution in [3.05, 3.63) is 73.0 Å². The second-order valence-electron chi connectivity index (χ2n) is 4.93. The van der Waals surface area contributed by atoms with Crippen LogP contribution in [0.25, 0.3) is 21.5 Å². The lowest BCUT2D eigenvalue weighted by atomic mass is 10.0. The molecule has 3 rings (SSSR count). The summed E-state index contributed by atoms with van der Waals surface area (Å²) >= 11 is 0. The van der Waals surface area contributed by atoms with Crippen LogP contribution in [0.15, 0.2) is 67.4 Å². The van der Waals surface area contributed by atoms with Crippen LogP contribution in [0.5, 0.6) is 0 Å². The molecule has 0 N–H and O–H groups in total. The summed E-state index contributed by atoms with van der Waals surface area (Å²) in [5, 5.41) is 4.47. The molecule has 0 heterocycles. The average Bonchev–Trinajstić information content (AvgIpc) is 2.56. The molecule has 0 saturated carbocycles. The van der Waals surface area contributed by atoms with Crippen molar-refractivity contribution >= 4 is 27.5 Å². The molecule has 3 aromatic carbocycles. The molecule has 3 nitrogen and oxygen atoms in total. The highest BCUT2D eigenvalue weighted by Gasteiger charge is 2.08. The molecular weight excluding hydrogens is 276 g/mol. The summed E-state index contributed by atoms with van der Waals surface area (Å²) in [4.78, 5) is 12.0. The number of hydrogen-bond donors (Lipinski definition) is 0. The van der Waals surface area contributed by atoms with Crippen molar-refractivity contribution < 1.29 is 14.3 Å².